The van der Waals surface area contributed by atoms with Gasteiger partial charge < -0.3 is 9.84 Å². The lowest BCUT2D eigenvalue weighted by Crippen LogP contribution is -2.34. The van der Waals surface area contributed by atoms with Crippen LogP contribution in [0.5, 0.6) is 0 Å². The van der Waals surface area contributed by atoms with Gasteiger partial charge in [-0.25, -0.2) is 4.39 Å². The Kier molecular flexibility index (Phi) is 2.96. The van der Waals surface area contributed by atoms with Crippen molar-refractivity contribution in [3.8, 4) is 0 Å². The molecule has 1 N–H and O–H groups in total. The van der Waals surface area contributed by atoms with Crippen LogP contribution in [0.25, 0.3) is 0 Å². The first kappa shape index (κ1) is 10.9. The summed E-state index contributed by atoms with van der Waals surface area (Å²) in [7, 11) is 0. The van der Waals surface area contributed by atoms with Gasteiger partial charge in [-0.3, -0.25) is 0 Å². The van der Waals surface area contributed by atoms with Crippen molar-refractivity contribution in [2.24, 2.45) is 0 Å². The highest BCUT2D eigenvalue weighted by molar-refractivity contribution is 6.30. The predicted octanol–water partition coefficient (Wildman–Crippen LogP) is 2.48. The Morgan fingerprint density at radius 3 is 2.60 bits per heavy atom. The Bertz CT molecular complexity index is 362. The highest BCUT2D eigenvalue weighted by Gasteiger charge is 2.34. The summed E-state index contributed by atoms with van der Waals surface area (Å²) in [6.07, 6.45) is 0.844. The number of ether oxygens (including phenoxy) is 1. The minimum atomic E-state index is -1.10. The monoisotopic (exact) mass is 230 g/mol. The molecular weight excluding hydrogens is 219 g/mol. The molecule has 0 unspecified atom stereocenters. The number of hydrogen-bond acceptors (Lipinski definition) is 2. The lowest BCUT2D eigenvalue weighted by molar-refractivity contribution is -0.0697. The average molecular weight is 231 g/mol. The number of aliphatic hydroxyl groups is 1. The molecule has 1 aliphatic rings. The van der Waals surface area contributed by atoms with Crippen molar-refractivity contribution in [3.63, 3.8) is 0 Å². The second kappa shape index (κ2) is 4.08. The van der Waals surface area contributed by atoms with E-state index in [0.717, 1.165) is 0 Å². The molecule has 2 rings (SSSR count). The van der Waals surface area contributed by atoms with Crippen molar-refractivity contribution in [3.05, 3.63) is 34.6 Å². The van der Waals surface area contributed by atoms with E-state index in [1.165, 1.54) is 6.07 Å². The van der Waals surface area contributed by atoms with Crippen LogP contribution in [-0.2, 0) is 10.3 Å². The molecule has 0 amide bonds. The van der Waals surface area contributed by atoms with Gasteiger partial charge in [-0.2, -0.15) is 0 Å². The molecule has 1 fully saturated rings. The Balaban J connectivity index is 2.35. The van der Waals surface area contributed by atoms with Gasteiger partial charge in [0.1, 0.15) is 5.82 Å². The van der Waals surface area contributed by atoms with E-state index in [9.17, 15) is 9.50 Å². The molecule has 0 radical (unpaired) electrons. The summed E-state index contributed by atoms with van der Waals surface area (Å²) < 4.78 is 18.7. The molecule has 15 heavy (non-hydrogen) atoms. The van der Waals surface area contributed by atoms with Gasteiger partial charge in [-0.1, -0.05) is 17.7 Å². The van der Waals surface area contributed by atoms with Crippen LogP contribution in [0.1, 0.15) is 18.4 Å². The number of rotatable bonds is 1. The third-order valence-corrected chi connectivity index (χ3v) is 2.99. The fourth-order valence-electron chi connectivity index (χ4n) is 1.85. The highest BCUT2D eigenvalue weighted by Crippen LogP contribution is 2.34. The van der Waals surface area contributed by atoms with E-state index in [2.05, 4.69) is 0 Å². The zero-order chi connectivity index (χ0) is 10.9. The van der Waals surface area contributed by atoms with Crippen LogP contribution >= 0.6 is 11.6 Å². The number of halogens is 2. The summed E-state index contributed by atoms with van der Waals surface area (Å²) in [6, 6.07) is 4.36. The second-order valence-corrected chi connectivity index (χ2v) is 4.20. The molecule has 0 atom stereocenters. The van der Waals surface area contributed by atoms with Gasteiger partial charge in [0.05, 0.1) is 5.60 Å². The van der Waals surface area contributed by atoms with Crippen molar-refractivity contribution >= 4 is 11.6 Å². The summed E-state index contributed by atoms with van der Waals surface area (Å²) in [5.41, 5.74) is -0.789. The molecule has 1 heterocycles. The third-order valence-electron chi connectivity index (χ3n) is 2.75. The molecule has 82 valence electrons. The van der Waals surface area contributed by atoms with Crippen LogP contribution in [-0.4, -0.2) is 18.3 Å². The standard InChI is InChI=1S/C11H12ClFO2/c12-8-1-2-9(10(13)7-8)11(14)3-5-15-6-4-11/h1-2,7,14H,3-6H2. The Morgan fingerprint density at radius 1 is 1.33 bits per heavy atom. The van der Waals surface area contributed by atoms with Gasteiger partial charge in [-0.15, -0.1) is 0 Å². The van der Waals surface area contributed by atoms with Crippen molar-refractivity contribution < 1.29 is 14.2 Å². The quantitative estimate of drug-likeness (QED) is 0.803. The van der Waals surface area contributed by atoms with Gasteiger partial charge >= 0.3 is 0 Å². The van der Waals surface area contributed by atoms with E-state index >= 15 is 0 Å². The third kappa shape index (κ3) is 2.14. The molecule has 0 bridgehead atoms. The van der Waals surface area contributed by atoms with Gasteiger partial charge in [0, 0.05) is 36.6 Å². The maximum Gasteiger partial charge on any atom is 0.130 e. The smallest absolute Gasteiger partial charge is 0.130 e. The van der Waals surface area contributed by atoms with Gasteiger partial charge in [0.25, 0.3) is 0 Å². The van der Waals surface area contributed by atoms with Crippen molar-refractivity contribution in [2.75, 3.05) is 13.2 Å². The van der Waals surface area contributed by atoms with Gasteiger partial charge in [-0.05, 0) is 12.1 Å². The van der Waals surface area contributed by atoms with E-state index in [4.69, 9.17) is 16.3 Å². The minimum Gasteiger partial charge on any atom is -0.385 e. The number of hydrogen-bond donors (Lipinski definition) is 1. The largest absolute Gasteiger partial charge is 0.385 e. The SMILES string of the molecule is OC1(c2ccc(Cl)cc2F)CCOCC1. The minimum absolute atomic E-state index is 0.315. The van der Waals surface area contributed by atoms with E-state index < -0.39 is 11.4 Å². The zero-order valence-corrected chi connectivity index (χ0v) is 8.93. The summed E-state index contributed by atoms with van der Waals surface area (Å²) in [5, 5.41) is 10.6. The van der Waals surface area contributed by atoms with Crippen LogP contribution in [0.3, 0.4) is 0 Å². The van der Waals surface area contributed by atoms with Crippen LogP contribution < -0.4 is 0 Å². The molecule has 1 aliphatic heterocycles. The Hall–Kier alpha value is -0.640. The van der Waals surface area contributed by atoms with Gasteiger partial charge in [0.2, 0.25) is 0 Å². The first-order valence-electron chi connectivity index (χ1n) is 4.87. The van der Waals surface area contributed by atoms with Crippen LogP contribution in [0.4, 0.5) is 4.39 Å². The predicted molar refractivity (Wildman–Crippen MR) is 55.4 cm³/mol. The first-order valence-corrected chi connectivity index (χ1v) is 5.25. The average Bonchev–Trinajstić information content (AvgIpc) is 2.18. The highest BCUT2D eigenvalue weighted by atomic mass is 35.5. The first-order chi connectivity index (χ1) is 7.12. The molecule has 4 heteroatoms. The molecule has 1 saturated heterocycles. The van der Waals surface area contributed by atoms with Crippen molar-refractivity contribution in [1.82, 2.24) is 0 Å². The molecule has 0 aliphatic carbocycles. The molecule has 1 aromatic rings. The molecule has 0 saturated carbocycles. The maximum absolute atomic E-state index is 13.6. The summed E-state index contributed by atoms with van der Waals surface area (Å²) in [5.74, 6) is -0.452. The normalized spacial score (nSPS) is 20.2. The van der Waals surface area contributed by atoms with Gasteiger partial charge in [0.15, 0.2) is 0 Å². The molecule has 2 nitrogen and oxygen atoms in total. The maximum atomic E-state index is 13.6. The number of benzene rings is 1. The summed E-state index contributed by atoms with van der Waals surface area (Å²) in [4.78, 5) is 0. The zero-order valence-electron chi connectivity index (χ0n) is 8.17. The fraction of sp³-hybridized carbons (Fsp3) is 0.455. The lowest BCUT2D eigenvalue weighted by Gasteiger charge is -2.32. The van der Waals surface area contributed by atoms with Crippen LogP contribution in [0, 0.1) is 5.82 Å². The Labute approximate surface area is 92.6 Å². The molecule has 0 spiro atoms. The van der Waals surface area contributed by atoms with E-state index in [1.807, 2.05) is 0 Å². The lowest BCUT2D eigenvalue weighted by atomic mass is 9.86. The van der Waals surface area contributed by atoms with Crippen LogP contribution in [0.15, 0.2) is 18.2 Å². The summed E-state index contributed by atoms with van der Waals surface area (Å²) in [6.45, 7) is 0.914. The second-order valence-electron chi connectivity index (χ2n) is 3.77. The fourth-order valence-corrected chi connectivity index (χ4v) is 2.00. The van der Waals surface area contributed by atoms with Crippen LogP contribution in [0.2, 0.25) is 5.02 Å². The van der Waals surface area contributed by atoms with E-state index in [0.29, 0.717) is 36.6 Å². The molecule has 0 aromatic heterocycles. The summed E-state index contributed by atoms with van der Waals surface area (Å²) >= 11 is 5.65. The van der Waals surface area contributed by atoms with E-state index in [-0.39, 0.29) is 0 Å². The molecular formula is C11H12ClFO2. The van der Waals surface area contributed by atoms with Crippen molar-refractivity contribution in [1.29, 1.82) is 0 Å². The topological polar surface area (TPSA) is 29.5 Å². The Morgan fingerprint density at radius 2 is 2.00 bits per heavy atom. The molecule has 1 aromatic carbocycles. The van der Waals surface area contributed by atoms with Crippen molar-refractivity contribution in [2.45, 2.75) is 18.4 Å². The van der Waals surface area contributed by atoms with E-state index in [1.54, 1.807) is 12.1 Å².